The van der Waals surface area contributed by atoms with Gasteiger partial charge in [-0.3, -0.25) is 4.79 Å². The van der Waals surface area contributed by atoms with Crippen LogP contribution in [0.4, 0.5) is 0 Å². The molecule has 0 unspecified atom stereocenters. The lowest BCUT2D eigenvalue weighted by Crippen LogP contribution is -2.22. The predicted octanol–water partition coefficient (Wildman–Crippen LogP) is 1.97. The molecule has 0 N–H and O–H groups in total. The molecule has 5 nitrogen and oxygen atoms in total. The maximum absolute atomic E-state index is 12.1. The quantitative estimate of drug-likeness (QED) is 0.803. The third-order valence-electron chi connectivity index (χ3n) is 2.89. The van der Waals surface area contributed by atoms with Gasteiger partial charge in [0.1, 0.15) is 0 Å². The smallest absolute Gasteiger partial charge is 0.337 e. The van der Waals surface area contributed by atoms with E-state index in [0.717, 1.165) is 5.69 Å². The Morgan fingerprint density at radius 1 is 1.05 bits per heavy atom. The number of carbonyl (C=O) groups is 2. The van der Waals surface area contributed by atoms with Gasteiger partial charge in [0.15, 0.2) is 0 Å². The van der Waals surface area contributed by atoms with Crippen LogP contribution in [-0.4, -0.2) is 42.5 Å². The van der Waals surface area contributed by atoms with E-state index in [2.05, 4.69) is 0 Å². The first-order chi connectivity index (χ1) is 9.52. The topological polar surface area (TPSA) is 51.5 Å². The minimum atomic E-state index is -0.466. The summed E-state index contributed by atoms with van der Waals surface area (Å²) >= 11 is 0. The largest absolute Gasteiger partial charge is 0.465 e. The van der Waals surface area contributed by atoms with Crippen LogP contribution in [0.1, 0.15) is 20.7 Å². The maximum Gasteiger partial charge on any atom is 0.337 e. The van der Waals surface area contributed by atoms with Crippen molar-refractivity contribution in [1.29, 1.82) is 0 Å². The summed E-state index contributed by atoms with van der Waals surface area (Å²) in [4.78, 5) is 25.3. The molecule has 1 heterocycles. The van der Waals surface area contributed by atoms with Gasteiger partial charge in [0.25, 0.3) is 5.91 Å². The Bertz CT molecular complexity index is 631. The van der Waals surface area contributed by atoms with Gasteiger partial charge in [0, 0.05) is 37.7 Å². The first-order valence-corrected chi connectivity index (χ1v) is 6.11. The molecular weight excluding hydrogens is 256 g/mol. The summed E-state index contributed by atoms with van der Waals surface area (Å²) in [7, 11) is 4.66. The van der Waals surface area contributed by atoms with E-state index >= 15 is 0 Å². The highest BCUT2D eigenvalue weighted by atomic mass is 16.5. The number of benzene rings is 1. The van der Waals surface area contributed by atoms with Gasteiger partial charge < -0.3 is 14.2 Å². The van der Waals surface area contributed by atoms with Crippen LogP contribution in [0, 0.1) is 0 Å². The fourth-order valence-electron chi connectivity index (χ4n) is 1.88. The van der Waals surface area contributed by atoms with Crippen LogP contribution in [0.2, 0.25) is 0 Å². The second-order valence-electron chi connectivity index (χ2n) is 4.55. The zero-order valence-corrected chi connectivity index (χ0v) is 11.7. The molecule has 1 aromatic heterocycles. The van der Waals surface area contributed by atoms with E-state index in [-0.39, 0.29) is 5.91 Å². The molecule has 5 heteroatoms. The van der Waals surface area contributed by atoms with Crippen molar-refractivity contribution in [3.8, 4) is 5.69 Å². The number of ether oxygens (including phenoxy) is 1. The van der Waals surface area contributed by atoms with E-state index in [4.69, 9.17) is 4.74 Å². The Labute approximate surface area is 117 Å². The second-order valence-corrected chi connectivity index (χ2v) is 4.55. The highest BCUT2D eigenvalue weighted by Crippen LogP contribution is 2.17. The zero-order valence-electron chi connectivity index (χ0n) is 11.7. The van der Waals surface area contributed by atoms with Gasteiger partial charge in [-0.1, -0.05) is 0 Å². The molecule has 1 aromatic carbocycles. The van der Waals surface area contributed by atoms with Gasteiger partial charge in [0.05, 0.1) is 12.7 Å². The molecule has 0 aliphatic carbocycles. The Kier molecular flexibility index (Phi) is 3.89. The average Bonchev–Trinajstić information content (AvgIpc) is 2.99. The number of aromatic nitrogens is 1. The van der Waals surface area contributed by atoms with Gasteiger partial charge in [-0.2, -0.15) is 0 Å². The van der Waals surface area contributed by atoms with Gasteiger partial charge in [-0.15, -0.1) is 0 Å². The van der Waals surface area contributed by atoms with Crippen molar-refractivity contribution in [2.24, 2.45) is 0 Å². The normalized spacial score (nSPS) is 10.2. The molecule has 0 saturated carbocycles. The Morgan fingerprint density at radius 2 is 1.65 bits per heavy atom. The molecule has 0 radical (unpaired) electrons. The lowest BCUT2D eigenvalue weighted by atomic mass is 10.1. The van der Waals surface area contributed by atoms with E-state index in [1.54, 1.807) is 32.3 Å². The van der Waals surface area contributed by atoms with Crippen molar-refractivity contribution in [2.75, 3.05) is 21.2 Å². The number of amides is 1. The number of nitrogens with zero attached hydrogens (tertiary/aromatic N) is 2. The van der Waals surface area contributed by atoms with Crippen molar-refractivity contribution >= 4 is 11.9 Å². The summed E-state index contributed by atoms with van der Waals surface area (Å²) in [5.41, 5.74) is 1.54. The molecule has 2 rings (SSSR count). The van der Waals surface area contributed by atoms with Crippen LogP contribution < -0.4 is 0 Å². The van der Waals surface area contributed by atoms with Crippen molar-refractivity contribution in [3.05, 3.63) is 53.9 Å². The predicted molar refractivity (Wildman–Crippen MR) is 75.1 cm³/mol. The highest BCUT2D eigenvalue weighted by molar-refractivity contribution is 5.98. The molecule has 0 saturated heterocycles. The monoisotopic (exact) mass is 272 g/mol. The van der Waals surface area contributed by atoms with E-state index in [1.807, 2.05) is 29.1 Å². The van der Waals surface area contributed by atoms with Crippen LogP contribution in [-0.2, 0) is 4.74 Å². The van der Waals surface area contributed by atoms with Crippen molar-refractivity contribution < 1.29 is 14.3 Å². The zero-order chi connectivity index (χ0) is 14.7. The summed E-state index contributed by atoms with van der Waals surface area (Å²) in [5.74, 6) is -0.629. The van der Waals surface area contributed by atoms with E-state index in [1.165, 1.54) is 12.0 Å². The number of carbonyl (C=O) groups excluding carboxylic acids is 2. The molecular formula is C15H16N2O3. The van der Waals surface area contributed by atoms with Gasteiger partial charge in [-0.05, 0) is 30.3 Å². The second kappa shape index (κ2) is 5.61. The third-order valence-corrected chi connectivity index (χ3v) is 2.89. The molecule has 0 atom stereocenters. The fraction of sp³-hybridized carbons (Fsp3) is 0.200. The Morgan fingerprint density at radius 3 is 2.20 bits per heavy atom. The lowest BCUT2D eigenvalue weighted by molar-refractivity contribution is 0.0600. The lowest BCUT2D eigenvalue weighted by Gasteiger charge is -2.13. The number of hydrogen-bond acceptors (Lipinski definition) is 3. The van der Waals surface area contributed by atoms with Crippen molar-refractivity contribution in [1.82, 2.24) is 9.47 Å². The summed E-state index contributed by atoms with van der Waals surface area (Å²) < 4.78 is 6.56. The molecule has 2 aromatic rings. The Balaban J connectivity index is 2.55. The van der Waals surface area contributed by atoms with Crippen LogP contribution in [0.3, 0.4) is 0 Å². The van der Waals surface area contributed by atoms with Crippen LogP contribution in [0.25, 0.3) is 5.69 Å². The van der Waals surface area contributed by atoms with Crippen LogP contribution in [0.15, 0.2) is 42.7 Å². The minimum absolute atomic E-state index is 0.163. The molecule has 0 spiro atoms. The number of rotatable bonds is 3. The molecule has 0 aliphatic rings. The van der Waals surface area contributed by atoms with Gasteiger partial charge in [-0.25, -0.2) is 4.79 Å². The average molecular weight is 272 g/mol. The summed E-state index contributed by atoms with van der Waals surface area (Å²) in [6, 6.07) is 8.73. The van der Waals surface area contributed by atoms with Gasteiger partial charge >= 0.3 is 5.97 Å². The van der Waals surface area contributed by atoms with Crippen molar-refractivity contribution in [3.63, 3.8) is 0 Å². The van der Waals surface area contributed by atoms with E-state index < -0.39 is 5.97 Å². The first-order valence-electron chi connectivity index (χ1n) is 6.11. The molecule has 0 aliphatic heterocycles. The molecule has 104 valence electrons. The molecule has 0 fully saturated rings. The SMILES string of the molecule is COC(=O)c1cc(C(=O)N(C)C)cc(-n2cccc2)c1. The summed E-state index contributed by atoms with van der Waals surface area (Å²) in [6.07, 6.45) is 3.70. The van der Waals surface area contributed by atoms with Crippen LogP contribution >= 0.6 is 0 Å². The molecule has 20 heavy (non-hydrogen) atoms. The third kappa shape index (κ3) is 2.71. The summed E-state index contributed by atoms with van der Waals surface area (Å²) in [5, 5.41) is 0. The number of hydrogen-bond donors (Lipinski definition) is 0. The standard InChI is InChI=1S/C15H16N2O3/c1-16(2)14(18)11-8-12(15(19)20-3)10-13(9-11)17-6-4-5-7-17/h4-10H,1-3H3. The minimum Gasteiger partial charge on any atom is -0.465 e. The first kappa shape index (κ1) is 13.9. The van der Waals surface area contributed by atoms with Crippen LogP contribution in [0.5, 0.6) is 0 Å². The van der Waals surface area contributed by atoms with E-state index in [0.29, 0.717) is 11.1 Å². The maximum atomic E-state index is 12.1. The van der Waals surface area contributed by atoms with Gasteiger partial charge in [0.2, 0.25) is 0 Å². The fourth-order valence-corrected chi connectivity index (χ4v) is 1.88. The Hall–Kier alpha value is -2.56. The molecule has 1 amide bonds. The van der Waals surface area contributed by atoms with E-state index in [9.17, 15) is 9.59 Å². The number of methoxy groups -OCH3 is 1. The summed E-state index contributed by atoms with van der Waals surface area (Å²) in [6.45, 7) is 0. The number of esters is 1. The van der Waals surface area contributed by atoms with Crippen molar-refractivity contribution in [2.45, 2.75) is 0 Å². The highest BCUT2D eigenvalue weighted by Gasteiger charge is 2.15. The molecule has 0 bridgehead atoms.